The first-order valence-electron chi connectivity index (χ1n) is 7.81. The first-order chi connectivity index (χ1) is 11.9. The van der Waals surface area contributed by atoms with Crippen LogP contribution in [0.2, 0.25) is 10.0 Å². The molecule has 134 valence electrons. The van der Waals surface area contributed by atoms with Crippen molar-refractivity contribution in [2.45, 2.75) is 20.0 Å². The Morgan fingerprint density at radius 2 is 2.12 bits per heavy atom. The van der Waals surface area contributed by atoms with Crippen molar-refractivity contribution in [1.29, 1.82) is 0 Å². The summed E-state index contributed by atoms with van der Waals surface area (Å²) < 4.78 is 1.92. The van der Waals surface area contributed by atoms with Crippen LogP contribution in [0, 0.1) is 6.92 Å². The zero-order valence-electron chi connectivity index (χ0n) is 14.6. The fraction of sp³-hybridized carbons (Fsp3) is 0.353. The van der Waals surface area contributed by atoms with Crippen LogP contribution >= 0.6 is 23.2 Å². The molecule has 0 radical (unpaired) electrons. The molecule has 0 saturated heterocycles. The van der Waals surface area contributed by atoms with Crippen molar-refractivity contribution in [1.82, 2.24) is 25.0 Å². The first-order valence-corrected chi connectivity index (χ1v) is 8.57. The van der Waals surface area contributed by atoms with Crippen molar-refractivity contribution in [3.8, 4) is 0 Å². The second-order valence-corrected chi connectivity index (χ2v) is 6.45. The lowest BCUT2D eigenvalue weighted by Gasteiger charge is -2.22. The monoisotopic (exact) mass is 380 g/mol. The lowest BCUT2D eigenvalue weighted by molar-refractivity contribution is 0.477. The maximum atomic E-state index is 6.09. The summed E-state index contributed by atoms with van der Waals surface area (Å²) in [6.07, 6.45) is 1.79. The van der Waals surface area contributed by atoms with Crippen LogP contribution in [-0.4, -0.2) is 39.2 Å². The zero-order chi connectivity index (χ0) is 18.4. The fourth-order valence-corrected chi connectivity index (χ4v) is 2.52. The minimum Gasteiger partial charge on any atom is -0.353 e. The number of halogens is 2. The summed E-state index contributed by atoms with van der Waals surface area (Å²) in [6.45, 7) is 7.33. The smallest absolute Gasteiger partial charge is 0.194 e. The highest BCUT2D eigenvalue weighted by Gasteiger charge is 2.10. The third-order valence-electron chi connectivity index (χ3n) is 3.72. The van der Waals surface area contributed by atoms with Crippen molar-refractivity contribution >= 4 is 29.2 Å². The lowest BCUT2D eigenvalue weighted by Crippen LogP contribution is -2.38. The summed E-state index contributed by atoms with van der Waals surface area (Å²) in [4.78, 5) is 6.65. The van der Waals surface area contributed by atoms with Gasteiger partial charge in [0.05, 0.1) is 10.0 Å². The minimum absolute atomic E-state index is 0.433. The van der Waals surface area contributed by atoms with Crippen LogP contribution in [0.5, 0.6) is 0 Å². The van der Waals surface area contributed by atoms with Gasteiger partial charge >= 0.3 is 0 Å². The quantitative estimate of drug-likeness (QED) is 0.474. The van der Waals surface area contributed by atoms with E-state index in [1.54, 1.807) is 12.1 Å². The highest BCUT2D eigenvalue weighted by Crippen LogP contribution is 2.23. The molecular weight excluding hydrogens is 359 g/mol. The highest BCUT2D eigenvalue weighted by molar-refractivity contribution is 6.42. The summed E-state index contributed by atoms with van der Waals surface area (Å²) in [5.41, 5.74) is 1.04. The molecule has 1 aromatic carbocycles. The minimum atomic E-state index is 0.433. The van der Waals surface area contributed by atoms with Gasteiger partial charge < -0.3 is 14.8 Å². The van der Waals surface area contributed by atoms with Crippen molar-refractivity contribution in [3.63, 3.8) is 0 Å². The largest absolute Gasteiger partial charge is 0.353 e. The Hall–Kier alpha value is -2.05. The van der Waals surface area contributed by atoms with Gasteiger partial charge in [-0.05, 0) is 24.6 Å². The summed E-state index contributed by atoms with van der Waals surface area (Å²) in [5, 5.41) is 12.5. The fourth-order valence-electron chi connectivity index (χ4n) is 2.20. The predicted octanol–water partition coefficient (Wildman–Crippen LogP) is 3.19. The van der Waals surface area contributed by atoms with Crippen LogP contribution in [-0.2, 0) is 20.1 Å². The SMILES string of the molecule is C=CCNC(=NCc1nnc(C)n1C)N(C)Cc1ccc(Cl)c(Cl)c1. The number of rotatable bonds is 6. The van der Waals surface area contributed by atoms with Gasteiger partial charge in [-0.1, -0.05) is 35.3 Å². The molecule has 1 aromatic heterocycles. The predicted molar refractivity (Wildman–Crippen MR) is 103 cm³/mol. The van der Waals surface area contributed by atoms with Gasteiger partial charge in [-0.25, -0.2) is 4.99 Å². The summed E-state index contributed by atoms with van der Waals surface area (Å²) in [5.74, 6) is 2.40. The Morgan fingerprint density at radius 3 is 2.72 bits per heavy atom. The van der Waals surface area contributed by atoms with Crippen LogP contribution in [0.1, 0.15) is 17.2 Å². The molecule has 2 aromatic rings. The maximum Gasteiger partial charge on any atom is 0.194 e. The van der Waals surface area contributed by atoms with Crippen molar-refractivity contribution < 1.29 is 0 Å². The molecule has 0 aliphatic rings. The Kier molecular flexibility index (Phi) is 6.84. The molecule has 1 heterocycles. The number of nitrogens with zero attached hydrogens (tertiary/aromatic N) is 5. The van der Waals surface area contributed by atoms with E-state index < -0.39 is 0 Å². The number of aromatic nitrogens is 3. The van der Waals surface area contributed by atoms with Crippen LogP contribution in [0.4, 0.5) is 0 Å². The van der Waals surface area contributed by atoms with Crippen LogP contribution in [0.3, 0.4) is 0 Å². The van der Waals surface area contributed by atoms with E-state index in [1.807, 2.05) is 42.6 Å². The van der Waals surface area contributed by atoms with E-state index in [-0.39, 0.29) is 0 Å². The molecule has 0 fully saturated rings. The molecule has 0 aliphatic carbocycles. The molecular formula is C17H22Cl2N6. The van der Waals surface area contributed by atoms with Gasteiger partial charge in [0.1, 0.15) is 12.4 Å². The number of guanidine groups is 1. The number of benzene rings is 1. The molecule has 0 aliphatic heterocycles. The maximum absolute atomic E-state index is 6.09. The van der Waals surface area contributed by atoms with E-state index >= 15 is 0 Å². The summed E-state index contributed by atoms with van der Waals surface area (Å²) in [6, 6.07) is 5.60. The average Bonchev–Trinajstić information content (AvgIpc) is 2.90. The van der Waals surface area contributed by atoms with Gasteiger partial charge in [-0.15, -0.1) is 16.8 Å². The van der Waals surface area contributed by atoms with Crippen molar-refractivity contribution in [2.75, 3.05) is 13.6 Å². The van der Waals surface area contributed by atoms with Gasteiger partial charge in [0.15, 0.2) is 11.8 Å². The number of hydrogen-bond acceptors (Lipinski definition) is 3. The van der Waals surface area contributed by atoms with E-state index in [2.05, 4.69) is 27.1 Å². The van der Waals surface area contributed by atoms with E-state index in [4.69, 9.17) is 23.2 Å². The number of hydrogen-bond donors (Lipinski definition) is 1. The number of nitrogens with one attached hydrogen (secondary N) is 1. The standard InChI is InChI=1S/C17H22Cl2N6/c1-5-8-20-17(21-10-16-23-22-12(2)25(16)4)24(3)11-13-6-7-14(18)15(19)9-13/h5-7,9H,1,8,10-11H2,2-4H3,(H,20,21). The third-order valence-corrected chi connectivity index (χ3v) is 4.46. The Bertz CT molecular complexity index is 768. The van der Waals surface area contributed by atoms with Crippen molar-refractivity contribution in [3.05, 3.63) is 58.1 Å². The van der Waals surface area contributed by atoms with Gasteiger partial charge in [0.25, 0.3) is 0 Å². The van der Waals surface area contributed by atoms with Gasteiger partial charge in [-0.3, -0.25) is 0 Å². The summed E-state index contributed by atoms with van der Waals surface area (Å²) >= 11 is 12.1. The molecule has 0 unspecified atom stereocenters. The lowest BCUT2D eigenvalue weighted by atomic mass is 10.2. The second kappa shape index (κ2) is 8.87. The number of aliphatic imine (C=N–C) groups is 1. The van der Waals surface area contributed by atoms with E-state index in [1.165, 1.54) is 0 Å². The Morgan fingerprint density at radius 1 is 1.36 bits per heavy atom. The number of aryl methyl sites for hydroxylation is 1. The molecule has 8 heteroatoms. The highest BCUT2D eigenvalue weighted by atomic mass is 35.5. The molecule has 25 heavy (non-hydrogen) atoms. The van der Waals surface area contributed by atoms with E-state index in [0.29, 0.717) is 29.7 Å². The molecule has 0 bridgehead atoms. The van der Waals surface area contributed by atoms with Gasteiger partial charge in [0.2, 0.25) is 0 Å². The Balaban J connectivity index is 2.14. The molecule has 2 rings (SSSR count). The molecule has 0 atom stereocenters. The molecule has 6 nitrogen and oxygen atoms in total. The second-order valence-electron chi connectivity index (χ2n) is 5.64. The van der Waals surface area contributed by atoms with Crippen LogP contribution in [0.15, 0.2) is 35.8 Å². The van der Waals surface area contributed by atoms with E-state index in [0.717, 1.165) is 23.2 Å². The van der Waals surface area contributed by atoms with Crippen molar-refractivity contribution in [2.24, 2.45) is 12.0 Å². The first kappa shape index (κ1) is 19.3. The van der Waals surface area contributed by atoms with Gasteiger partial charge in [-0.2, -0.15) is 0 Å². The molecule has 0 spiro atoms. The van der Waals surface area contributed by atoms with Gasteiger partial charge in [0, 0.05) is 27.2 Å². The molecule has 0 saturated carbocycles. The normalized spacial score (nSPS) is 11.5. The summed E-state index contributed by atoms with van der Waals surface area (Å²) in [7, 11) is 3.88. The van der Waals surface area contributed by atoms with Crippen LogP contribution < -0.4 is 5.32 Å². The topological polar surface area (TPSA) is 58.3 Å². The molecule has 0 amide bonds. The third kappa shape index (κ3) is 5.21. The average molecular weight is 381 g/mol. The Labute approximate surface area is 158 Å². The molecule has 1 N–H and O–H groups in total. The van der Waals surface area contributed by atoms with E-state index in [9.17, 15) is 0 Å². The zero-order valence-corrected chi connectivity index (χ0v) is 16.1. The van der Waals surface area contributed by atoms with Crippen LogP contribution in [0.25, 0.3) is 0 Å².